The fourth-order valence-corrected chi connectivity index (χ4v) is 14.5. The molecule has 0 aromatic heterocycles. The Labute approximate surface area is 577 Å². The summed E-state index contributed by atoms with van der Waals surface area (Å²) in [6.07, 6.45) is 26.0. The van der Waals surface area contributed by atoms with E-state index in [1.807, 2.05) is 68.4 Å². The van der Waals surface area contributed by atoms with Crippen molar-refractivity contribution in [3.63, 3.8) is 0 Å². The molecule has 97 heavy (non-hydrogen) atoms. The molecule has 3 aliphatic rings. The highest BCUT2D eigenvalue weighted by molar-refractivity contribution is 7.86. The summed E-state index contributed by atoms with van der Waals surface area (Å²) in [5.41, 5.74) is 8.05. The molecule has 2 aliphatic heterocycles. The van der Waals surface area contributed by atoms with Gasteiger partial charge in [0, 0.05) is 86.1 Å². The van der Waals surface area contributed by atoms with E-state index in [1.165, 1.54) is 12.1 Å². The SMILES string of the molecule is CCCCC[N+]1=C(/C=C/C2=C(Oc3ccc(CCCC(=O)[C@H](Cc4ccccc4)NC(=O)CCCCCCCCC(=O)CCCNC(=O)N[C@H](CC)C(=O)CCC)cc3)C(=C/C=C3/N(CCCC)c4ccc(S(=O)(=O)O)cc4C3(C)C)/CCC2)C(C)(C)c2cc(S(=O)(=O)O)ccc21. The first kappa shape index (κ1) is 77.0. The lowest BCUT2D eigenvalue weighted by atomic mass is 9.81. The third-order valence-corrected chi connectivity index (χ3v) is 20.8. The topological polar surface area (TPSA) is 246 Å². The van der Waals surface area contributed by atoms with Gasteiger partial charge in [-0.2, -0.15) is 21.4 Å². The van der Waals surface area contributed by atoms with Crippen LogP contribution in [0, 0.1) is 0 Å². The highest BCUT2D eigenvalue weighted by atomic mass is 32.2. The molecular formula is C78H106N5O12S2+. The van der Waals surface area contributed by atoms with Gasteiger partial charge in [-0.3, -0.25) is 28.3 Å². The Balaban J connectivity index is 1.01. The maximum Gasteiger partial charge on any atom is 0.315 e. The number of rotatable bonds is 40. The third kappa shape index (κ3) is 21.8. The second kappa shape index (κ2) is 36.5. The zero-order valence-electron chi connectivity index (χ0n) is 58.6. The summed E-state index contributed by atoms with van der Waals surface area (Å²) in [6.45, 7) is 18.2. The van der Waals surface area contributed by atoms with Crippen LogP contribution in [-0.4, -0.2) is 97.2 Å². The lowest BCUT2D eigenvalue weighted by molar-refractivity contribution is -0.438. The molecule has 0 spiro atoms. The zero-order chi connectivity index (χ0) is 70.3. The predicted octanol–water partition coefficient (Wildman–Crippen LogP) is 15.8. The number of unbranched alkanes of at least 4 members (excludes halogenated alkanes) is 8. The molecule has 3 amide bonds. The van der Waals surface area contributed by atoms with Crippen molar-refractivity contribution in [1.82, 2.24) is 16.0 Å². The van der Waals surface area contributed by atoms with Gasteiger partial charge < -0.3 is 25.6 Å². The first-order valence-corrected chi connectivity index (χ1v) is 38.4. The van der Waals surface area contributed by atoms with Gasteiger partial charge in [-0.05, 0) is 180 Å². The minimum Gasteiger partial charge on any atom is -0.457 e. The number of fused-ring (bicyclic) bond motifs is 2. The number of ketones is 3. The van der Waals surface area contributed by atoms with Crippen molar-refractivity contribution in [2.75, 3.05) is 24.5 Å². The van der Waals surface area contributed by atoms with Crippen molar-refractivity contribution in [1.29, 1.82) is 0 Å². The summed E-state index contributed by atoms with van der Waals surface area (Å²) in [6, 6.07) is 25.8. The Bertz CT molecular complexity index is 3790. The van der Waals surface area contributed by atoms with Gasteiger partial charge in [0.05, 0.1) is 27.3 Å². The summed E-state index contributed by atoms with van der Waals surface area (Å²) in [5, 5.41) is 8.57. The Morgan fingerprint density at radius 1 is 0.619 bits per heavy atom. The number of aryl methyl sites for hydroxylation is 1. The normalized spacial score (nSPS) is 16.6. The molecule has 17 nitrogen and oxygen atoms in total. The second-order valence-electron chi connectivity index (χ2n) is 27.3. The maximum atomic E-state index is 14.0. The lowest BCUT2D eigenvalue weighted by Gasteiger charge is -2.27. The zero-order valence-corrected chi connectivity index (χ0v) is 60.2. The summed E-state index contributed by atoms with van der Waals surface area (Å²) >= 11 is 0. The number of Topliss-reactive ketones (excluding diaryl/α,β-unsaturated/α-hetero) is 3. The number of nitrogens with one attached hydrogen (secondary N) is 3. The van der Waals surface area contributed by atoms with Crippen LogP contribution in [-0.2, 0) is 63.1 Å². The van der Waals surface area contributed by atoms with Gasteiger partial charge in [0.15, 0.2) is 17.3 Å². The van der Waals surface area contributed by atoms with Crippen LogP contribution in [0.15, 0.2) is 148 Å². The van der Waals surface area contributed by atoms with E-state index in [-0.39, 0.29) is 45.5 Å². The molecular weight excluding hydrogens is 1260 g/mol. The van der Waals surface area contributed by atoms with Gasteiger partial charge in [0.1, 0.15) is 23.8 Å². The number of ether oxygens (including phenoxy) is 1. The summed E-state index contributed by atoms with van der Waals surface area (Å²) < 4.78 is 79.2. The van der Waals surface area contributed by atoms with E-state index >= 15 is 0 Å². The number of hydrogen-bond donors (Lipinski definition) is 5. The highest BCUT2D eigenvalue weighted by Gasteiger charge is 2.45. The number of carbonyl (C=O) groups excluding carboxylic acids is 5. The molecule has 4 aromatic carbocycles. The van der Waals surface area contributed by atoms with E-state index in [9.17, 15) is 49.9 Å². The third-order valence-electron chi connectivity index (χ3n) is 19.1. The molecule has 1 aliphatic carbocycles. The summed E-state index contributed by atoms with van der Waals surface area (Å²) in [5.74, 6) is 1.35. The van der Waals surface area contributed by atoms with Crippen molar-refractivity contribution >= 4 is 66.6 Å². The van der Waals surface area contributed by atoms with Crippen molar-refractivity contribution in [3.05, 3.63) is 160 Å². The first-order valence-electron chi connectivity index (χ1n) is 35.5. The number of benzene rings is 4. The van der Waals surface area contributed by atoms with Crippen LogP contribution in [0.4, 0.5) is 16.2 Å². The Morgan fingerprint density at radius 2 is 1.27 bits per heavy atom. The number of hydrogen-bond acceptors (Lipinski definition) is 11. The van der Waals surface area contributed by atoms with Gasteiger partial charge in [0.2, 0.25) is 11.6 Å². The van der Waals surface area contributed by atoms with E-state index in [0.29, 0.717) is 102 Å². The molecule has 0 saturated heterocycles. The molecule has 4 aromatic rings. The molecule has 0 saturated carbocycles. The number of anilines is 1. The van der Waals surface area contributed by atoms with Crippen LogP contribution < -0.4 is 25.6 Å². The number of allylic oxidation sites excluding steroid dienone is 7. The van der Waals surface area contributed by atoms with Gasteiger partial charge >= 0.3 is 6.03 Å². The number of urea groups is 1. The molecule has 7 rings (SSSR count). The summed E-state index contributed by atoms with van der Waals surface area (Å²) in [4.78, 5) is 66.4. The molecule has 19 heteroatoms. The van der Waals surface area contributed by atoms with Crippen molar-refractivity contribution < 1.29 is 59.2 Å². The first-order chi connectivity index (χ1) is 46.3. The number of amides is 3. The largest absolute Gasteiger partial charge is 0.457 e. The van der Waals surface area contributed by atoms with Crippen LogP contribution in [0.1, 0.15) is 225 Å². The van der Waals surface area contributed by atoms with Gasteiger partial charge in [-0.1, -0.05) is 129 Å². The minimum absolute atomic E-state index is 0.0237. The van der Waals surface area contributed by atoms with Gasteiger partial charge in [-0.15, -0.1) is 0 Å². The predicted molar refractivity (Wildman–Crippen MR) is 385 cm³/mol. The average molecular weight is 1370 g/mol. The molecule has 0 unspecified atom stereocenters. The van der Waals surface area contributed by atoms with Crippen molar-refractivity contribution in [2.24, 2.45) is 0 Å². The average Bonchev–Trinajstić information content (AvgIpc) is 1.60. The van der Waals surface area contributed by atoms with E-state index in [0.717, 1.165) is 140 Å². The monoisotopic (exact) mass is 1370 g/mol. The number of nitrogens with zero attached hydrogens (tertiary/aromatic N) is 2. The molecule has 2 atom stereocenters. The smallest absolute Gasteiger partial charge is 0.315 e. The molecule has 0 bridgehead atoms. The molecule has 0 fully saturated rings. The van der Waals surface area contributed by atoms with Crippen molar-refractivity contribution in [2.45, 2.75) is 249 Å². The Hall–Kier alpha value is -7.32. The second-order valence-corrected chi connectivity index (χ2v) is 30.2. The molecule has 2 heterocycles. The van der Waals surface area contributed by atoms with E-state index in [2.05, 4.69) is 91.3 Å². The van der Waals surface area contributed by atoms with Crippen LogP contribution in [0.5, 0.6) is 5.75 Å². The Kier molecular flexibility index (Phi) is 29.0. The fourth-order valence-electron chi connectivity index (χ4n) is 13.5. The van der Waals surface area contributed by atoms with Crippen LogP contribution in [0.25, 0.3) is 0 Å². The van der Waals surface area contributed by atoms with Crippen LogP contribution >= 0.6 is 0 Å². The van der Waals surface area contributed by atoms with Crippen LogP contribution in [0.2, 0.25) is 0 Å². The number of carbonyl (C=O) groups is 5. The van der Waals surface area contributed by atoms with E-state index < -0.39 is 43.1 Å². The fraction of sp³-hybridized carbons (Fsp3) is 0.513. The highest BCUT2D eigenvalue weighted by Crippen LogP contribution is 2.49. The quantitative estimate of drug-likeness (QED) is 0.0158. The molecule has 0 radical (unpaired) electrons. The molecule has 526 valence electrons. The lowest BCUT2D eigenvalue weighted by Crippen LogP contribution is -2.45. The standard InChI is InChI=1S/C78H105N5O12S2/c1-9-13-24-52-83-69-47-45-63(97(92,93)94)55-65(69)78(7,8)73(83)49-41-59-33-26-32-58(40-48-72-77(5,6)64-54-62(96(89,90)91)44-46-68(64)82(72)51-14-10-2)75(59)95-61-42-38-56(39-43-61)31-25-36-71(86)67(53-57-29-20-19-21-30-57)80-74(87)37-23-18-16-15-17-22-34-60(84)35-27-50-79-76(88)81-66(12-4)70(85)28-11-3/h19-21,29-30,38-49,54-55,66-67H,9-18,22-28,31-37,50-53H2,1-8H3,(H4-,79,80,81,87,88,89,90,91,92,93,94)/p+1/t66-,67+/m1/s1. The molecule has 5 N–H and O–H groups in total. The van der Waals surface area contributed by atoms with E-state index in [1.54, 1.807) is 24.3 Å². The van der Waals surface area contributed by atoms with E-state index in [4.69, 9.17) is 4.74 Å². The minimum atomic E-state index is -4.45. The van der Waals surface area contributed by atoms with Gasteiger partial charge in [0.25, 0.3) is 20.2 Å². The van der Waals surface area contributed by atoms with Crippen LogP contribution in [0.3, 0.4) is 0 Å². The van der Waals surface area contributed by atoms with Gasteiger partial charge in [-0.25, -0.2) is 4.79 Å². The Morgan fingerprint density at radius 3 is 1.94 bits per heavy atom. The summed E-state index contributed by atoms with van der Waals surface area (Å²) in [7, 11) is -8.90. The van der Waals surface area contributed by atoms with Crippen molar-refractivity contribution in [3.8, 4) is 5.75 Å². The maximum absolute atomic E-state index is 14.0.